The molecule has 0 atom stereocenters. The predicted octanol–water partition coefficient (Wildman–Crippen LogP) is 13.0. The van der Waals surface area contributed by atoms with Crippen molar-refractivity contribution in [2.75, 3.05) is 4.90 Å². The van der Waals surface area contributed by atoms with Crippen molar-refractivity contribution >= 4 is 27.8 Å². The Morgan fingerprint density at radius 2 is 0.872 bits per heavy atom. The van der Waals surface area contributed by atoms with Gasteiger partial charge in [-0.15, -0.1) is 0 Å². The average Bonchev–Trinajstić information content (AvgIpc) is 3.30. The summed E-state index contributed by atoms with van der Waals surface area (Å²) in [4.78, 5) is 1.16. The minimum absolute atomic E-state index is 0.0256. The van der Waals surface area contributed by atoms with Gasteiger partial charge < -0.3 is 4.90 Å². The SMILES string of the molecule is [2H]c1c([2H])c([2H])c(-c2c([2H])c([2H])c(-c3c([2H])c([2H])c(N(c4ccc(-c5ccccc5)cc4)c4c([2H])c([2H])c([2H])c(-c5ccc6ccccc6c5)c4[2H])c([2H])c3[2H])c([2H])c2[2H])c([2H])c1[2H]. The zero-order valence-electron chi connectivity index (χ0n) is 41.7. The van der Waals surface area contributed by atoms with E-state index in [-0.39, 0.29) is 16.9 Å². The summed E-state index contributed by atoms with van der Waals surface area (Å²) in [5.74, 6) is 0. The number of hydrogen-bond donors (Lipinski definition) is 0. The normalized spacial score (nSPS) is 16.0. The summed E-state index contributed by atoms with van der Waals surface area (Å²) in [6.45, 7) is 0. The van der Waals surface area contributed by atoms with Gasteiger partial charge in [0, 0.05) is 17.1 Å². The molecule has 0 unspecified atom stereocenters. The Morgan fingerprint density at radius 3 is 1.57 bits per heavy atom. The third-order valence-electron chi connectivity index (χ3n) is 7.57. The van der Waals surface area contributed by atoms with Crippen LogP contribution in [0.4, 0.5) is 17.1 Å². The largest absolute Gasteiger partial charge is 0.310 e. The Kier molecular flexibility index (Phi) is 4.15. The number of nitrogens with zero attached hydrogens (tertiary/aromatic N) is 1. The second-order valence-electron chi connectivity index (χ2n) is 10.5. The molecule has 0 radical (unpaired) electrons. The van der Waals surface area contributed by atoms with Gasteiger partial charge in [0.15, 0.2) is 0 Å². The molecule has 1 heteroatoms. The minimum Gasteiger partial charge on any atom is -0.310 e. The summed E-state index contributed by atoms with van der Waals surface area (Å²) < 4.78 is 151. The van der Waals surface area contributed by atoms with Crippen LogP contribution in [0.25, 0.3) is 55.3 Å². The Morgan fingerprint density at radius 1 is 0.319 bits per heavy atom. The summed E-state index contributed by atoms with van der Waals surface area (Å²) in [7, 11) is 0. The molecule has 0 aliphatic heterocycles. The molecule has 0 aliphatic carbocycles. The molecule has 0 amide bonds. The van der Waals surface area contributed by atoms with E-state index < -0.39 is 131 Å². The smallest absolute Gasteiger partial charge is 0.0651 e. The molecule has 0 aliphatic rings. The molecule has 1 nitrogen and oxygen atoms in total. The highest BCUT2D eigenvalue weighted by Gasteiger charge is 2.15. The van der Waals surface area contributed by atoms with E-state index in [0.29, 0.717) is 5.56 Å². The lowest BCUT2D eigenvalue weighted by Gasteiger charge is -2.26. The lowest BCUT2D eigenvalue weighted by Crippen LogP contribution is -2.10. The highest BCUT2D eigenvalue weighted by Crippen LogP contribution is 2.39. The van der Waals surface area contributed by atoms with Crippen molar-refractivity contribution in [1.82, 2.24) is 0 Å². The first-order chi connectivity index (χ1) is 30.4. The number of fused-ring (bicyclic) bond motifs is 1. The Hall–Kier alpha value is -6.18. The van der Waals surface area contributed by atoms with Gasteiger partial charge in [-0.05, 0) is 97.6 Å². The molecule has 222 valence electrons. The topological polar surface area (TPSA) is 3.24 Å². The summed E-state index contributed by atoms with van der Waals surface area (Å²) in [5.41, 5.74) is -1.21. The standard InChI is InChI=1S/C46H33N/c1-3-10-34(11-4-1)37-18-20-38(21-19-37)40-26-30-45(31-27-40)47(44-28-24-39(25-29-44)35-12-5-2-6-13-35)46-17-9-16-42(33-46)43-23-22-36-14-7-8-15-41(36)32-43/h1-33H/i1D,3D,4D,9D,10D,11D,16D,17D,18D,19D,20D,21D,26D,27D,30D,31D,33D. The summed E-state index contributed by atoms with van der Waals surface area (Å²) in [6, 6.07) is 16.2. The van der Waals surface area contributed by atoms with Gasteiger partial charge in [-0.2, -0.15) is 0 Å². The zero-order chi connectivity index (χ0) is 46.2. The number of anilines is 3. The quantitative estimate of drug-likeness (QED) is 0.172. The van der Waals surface area contributed by atoms with E-state index in [1.807, 2.05) is 54.6 Å². The van der Waals surface area contributed by atoms with Crippen LogP contribution in [0.3, 0.4) is 0 Å². The molecule has 0 saturated carbocycles. The van der Waals surface area contributed by atoms with Crippen molar-refractivity contribution in [1.29, 1.82) is 0 Å². The molecule has 47 heavy (non-hydrogen) atoms. The molecule has 8 aromatic rings. The number of hydrogen-bond acceptors (Lipinski definition) is 1. The minimum atomic E-state index is -0.864. The van der Waals surface area contributed by atoms with E-state index in [2.05, 4.69) is 0 Å². The van der Waals surface area contributed by atoms with Crippen LogP contribution in [0.15, 0.2) is 200 Å². The Labute approximate surface area is 300 Å². The highest BCUT2D eigenvalue weighted by molar-refractivity contribution is 5.89. The lowest BCUT2D eigenvalue weighted by atomic mass is 9.99. The van der Waals surface area contributed by atoms with Crippen LogP contribution >= 0.6 is 0 Å². The number of benzene rings is 8. The van der Waals surface area contributed by atoms with Crippen molar-refractivity contribution in [3.8, 4) is 44.5 Å². The van der Waals surface area contributed by atoms with E-state index in [1.54, 1.807) is 42.5 Å². The lowest BCUT2D eigenvalue weighted by molar-refractivity contribution is 1.28. The maximum absolute atomic E-state index is 9.63. The van der Waals surface area contributed by atoms with Gasteiger partial charge in [0.05, 0.1) is 23.3 Å². The van der Waals surface area contributed by atoms with Crippen LogP contribution < -0.4 is 4.90 Å². The summed E-state index contributed by atoms with van der Waals surface area (Å²) >= 11 is 0. The van der Waals surface area contributed by atoms with Crippen LogP contribution in [0.1, 0.15) is 23.3 Å². The van der Waals surface area contributed by atoms with Crippen LogP contribution in [0, 0.1) is 0 Å². The summed E-state index contributed by atoms with van der Waals surface area (Å²) in [6.07, 6.45) is 0. The zero-order valence-corrected chi connectivity index (χ0v) is 24.7. The van der Waals surface area contributed by atoms with Gasteiger partial charge in [-0.25, -0.2) is 0 Å². The van der Waals surface area contributed by atoms with Crippen LogP contribution in [0.2, 0.25) is 0 Å². The van der Waals surface area contributed by atoms with E-state index in [9.17, 15) is 8.22 Å². The Bertz CT molecular complexity index is 3160. The van der Waals surface area contributed by atoms with Crippen molar-refractivity contribution < 1.29 is 23.3 Å². The molecule has 0 spiro atoms. The van der Waals surface area contributed by atoms with E-state index in [1.165, 1.54) is 0 Å². The fraction of sp³-hybridized carbons (Fsp3) is 0. The molecule has 0 aromatic heterocycles. The fourth-order valence-electron chi connectivity index (χ4n) is 5.22. The average molecular weight is 617 g/mol. The molecular formula is C46H33N. The first-order valence-corrected chi connectivity index (χ1v) is 14.7. The maximum Gasteiger partial charge on any atom is 0.0651 e. The van der Waals surface area contributed by atoms with E-state index in [0.717, 1.165) is 26.8 Å². The van der Waals surface area contributed by atoms with Crippen molar-refractivity contribution in [2.24, 2.45) is 0 Å². The maximum atomic E-state index is 9.63. The number of rotatable bonds is 7. The van der Waals surface area contributed by atoms with Gasteiger partial charge in [-0.3, -0.25) is 0 Å². The fourth-order valence-corrected chi connectivity index (χ4v) is 5.22. The van der Waals surface area contributed by atoms with E-state index >= 15 is 0 Å². The van der Waals surface area contributed by atoms with Gasteiger partial charge >= 0.3 is 0 Å². The third kappa shape index (κ3) is 5.95. The monoisotopic (exact) mass is 616 g/mol. The van der Waals surface area contributed by atoms with Crippen LogP contribution in [0.5, 0.6) is 0 Å². The molecule has 0 heterocycles. The molecule has 8 rings (SSSR count). The second-order valence-corrected chi connectivity index (χ2v) is 10.5. The van der Waals surface area contributed by atoms with Crippen LogP contribution in [-0.4, -0.2) is 0 Å². The predicted molar refractivity (Wildman–Crippen MR) is 200 cm³/mol. The van der Waals surface area contributed by atoms with Gasteiger partial charge in [0.25, 0.3) is 0 Å². The molecule has 8 aromatic carbocycles. The van der Waals surface area contributed by atoms with Crippen molar-refractivity contribution in [3.63, 3.8) is 0 Å². The Balaban J connectivity index is 1.40. The molecule has 0 N–H and O–H groups in total. The third-order valence-corrected chi connectivity index (χ3v) is 7.57. The van der Waals surface area contributed by atoms with Crippen LogP contribution in [-0.2, 0) is 0 Å². The molecule has 0 saturated heterocycles. The van der Waals surface area contributed by atoms with Gasteiger partial charge in [0.1, 0.15) is 0 Å². The van der Waals surface area contributed by atoms with E-state index in [4.69, 9.17) is 15.1 Å². The summed E-state index contributed by atoms with van der Waals surface area (Å²) in [5, 5.41) is 1.66. The second kappa shape index (κ2) is 12.7. The molecule has 0 fully saturated rings. The highest BCUT2D eigenvalue weighted by atomic mass is 15.1. The first kappa shape index (κ1) is 15.4. The van der Waals surface area contributed by atoms with Crippen molar-refractivity contribution in [2.45, 2.75) is 0 Å². The van der Waals surface area contributed by atoms with Gasteiger partial charge in [-0.1, -0.05) is 157 Å². The van der Waals surface area contributed by atoms with Crippen molar-refractivity contribution in [3.05, 3.63) is 200 Å². The van der Waals surface area contributed by atoms with Gasteiger partial charge in [0.2, 0.25) is 0 Å². The molecular weight excluding hydrogens is 567 g/mol. The first-order valence-electron chi connectivity index (χ1n) is 23.2. The molecule has 0 bridgehead atoms.